The molecule has 112 valence electrons. The Kier molecular flexibility index (Phi) is 4.02. The van der Waals surface area contributed by atoms with E-state index < -0.39 is 12.0 Å². The topological polar surface area (TPSA) is 69.2 Å². The first-order valence-electron chi connectivity index (χ1n) is 6.95. The number of rotatable bonds is 4. The predicted octanol–water partition coefficient (Wildman–Crippen LogP) is 2.69. The fourth-order valence-corrected chi connectivity index (χ4v) is 2.61. The van der Waals surface area contributed by atoms with Gasteiger partial charge in [0.15, 0.2) is 0 Å². The van der Waals surface area contributed by atoms with Crippen LogP contribution in [0.1, 0.15) is 31.3 Å². The average molecular weight is 288 g/mol. The van der Waals surface area contributed by atoms with Crippen LogP contribution < -0.4 is 4.73 Å². The van der Waals surface area contributed by atoms with Gasteiger partial charge in [-0.15, -0.1) is 0 Å². The first-order chi connectivity index (χ1) is 9.86. The van der Waals surface area contributed by atoms with Crippen LogP contribution in [0.15, 0.2) is 30.3 Å². The third-order valence-electron chi connectivity index (χ3n) is 3.80. The molecule has 0 fully saturated rings. The minimum absolute atomic E-state index is 0.129. The van der Waals surface area contributed by atoms with Crippen LogP contribution in [-0.2, 0) is 4.79 Å². The summed E-state index contributed by atoms with van der Waals surface area (Å²) in [4.78, 5) is 11.7. The monoisotopic (exact) mass is 288 g/mol. The number of imidazole rings is 1. The molecule has 0 saturated heterocycles. The van der Waals surface area contributed by atoms with E-state index in [1.807, 2.05) is 44.2 Å². The van der Waals surface area contributed by atoms with E-state index in [9.17, 15) is 15.1 Å². The number of aromatic nitrogens is 2. The number of nitrogens with zero attached hydrogens (tertiary/aromatic N) is 2. The Hall–Kier alpha value is -2.30. The average Bonchev–Trinajstić information content (AvgIpc) is 2.64. The molecule has 1 heterocycles. The minimum atomic E-state index is -0.930. The van der Waals surface area contributed by atoms with Crippen molar-refractivity contribution in [2.75, 3.05) is 0 Å². The number of benzene rings is 1. The molecule has 0 aliphatic rings. The highest BCUT2D eigenvalue weighted by Gasteiger charge is 2.36. The zero-order valence-corrected chi connectivity index (χ0v) is 12.7. The quantitative estimate of drug-likeness (QED) is 0.694. The summed E-state index contributed by atoms with van der Waals surface area (Å²) >= 11 is 0. The Labute approximate surface area is 124 Å². The van der Waals surface area contributed by atoms with Gasteiger partial charge in [0.05, 0.1) is 5.56 Å². The van der Waals surface area contributed by atoms with Crippen molar-refractivity contribution in [2.24, 2.45) is 5.92 Å². The molecule has 21 heavy (non-hydrogen) atoms. The van der Waals surface area contributed by atoms with Gasteiger partial charge in [-0.25, -0.2) is 14.1 Å². The lowest BCUT2D eigenvalue weighted by atomic mass is 10.0. The molecule has 1 atom stereocenters. The summed E-state index contributed by atoms with van der Waals surface area (Å²) in [6.45, 7) is 7.19. The predicted molar refractivity (Wildman–Crippen MR) is 79.8 cm³/mol. The van der Waals surface area contributed by atoms with E-state index in [1.165, 1.54) is 0 Å². The fourth-order valence-electron chi connectivity index (χ4n) is 2.61. The van der Waals surface area contributed by atoms with Crippen molar-refractivity contribution >= 4 is 5.97 Å². The Morgan fingerprint density at radius 3 is 2.29 bits per heavy atom. The number of aliphatic carboxylic acids is 1. The molecule has 0 spiro atoms. The van der Waals surface area contributed by atoms with Crippen LogP contribution in [0.5, 0.6) is 0 Å². The van der Waals surface area contributed by atoms with E-state index in [0.717, 1.165) is 10.3 Å². The normalized spacial score (nSPS) is 12.6. The molecular formula is C16H20N2O3. The molecule has 0 unspecified atom stereocenters. The SMILES string of the molecule is Cc1c(C)[n+]([O-])c(-c2ccccc2)n1[C@@H](C(=O)O)C(C)C. The molecule has 1 N–H and O–H groups in total. The van der Waals surface area contributed by atoms with Gasteiger partial charge in [-0.1, -0.05) is 32.0 Å². The third kappa shape index (κ3) is 2.51. The number of carbonyl (C=O) groups is 1. The fraction of sp³-hybridized carbons (Fsp3) is 0.375. The van der Waals surface area contributed by atoms with E-state index in [1.54, 1.807) is 18.4 Å². The number of carboxylic acid groups (broad SMARTS) is 1. The van der Waals surface area contributed by atoms with Gasteiger partial charge < -0.3 is 10.3 Å². The Morgan fingerprint density at radius 1 is 1.24 bits per heavy atom. The van der Waals surface area contributed by atoms with Gasteiger partial charge in [-0.2, -0.15) is 0 Å². The second-order valence-corrected chi connectivity index (χ2v) is 5.55. The summed E-state index contributed by atoms with van der Waals surface area (Å²) in [6.07, 6.45) is 0. The minimum Gasteiger partial charge on any atom is -0.710 e. The van der Waals surface area contributed by atoms with Gasteiger partial charge >= 0.3 is 5.97 Å². The van der Waals surface area contributed by atoms with E-state index in [-0.39, 0.29) is 5.92 Å². The van der Waals surface area contributed by atoms with Crippen LogP contribution in [-0.4, -0.2) is 15.6 Å². The molecule has 0 bridgehead atoms. The standard InChI is InChI=1S/C16H20N2O3/c1-10(2)14(16(19)20)17-11(3)12(4)18(21)15(17)13-8-6-5-7-9-13/h5-10,14H,1-4H3,(H,19,20)/t14-/m1/s1. The summed E-state index contributed by atoms with van der Waals surface area (Å²) < 4.78 is 2.47. The number of hydrogen-bond donors (Lipinski definition) is 1. The highest BCUT2D eigenvalue weighted by molar-refractivity contribution is 5.73. The van der Waals surface area contributed by atoms with Crippen LogP contribution in [0, 0.1) is 25.0 Å². The molecule has 0 amide bonds. The zero-order valence-electron chi connectivity index (χ0n) is 12.7. The van der Waals surface area contributed by atoms with Gasteiger partial charge in [0, 0.05) is 19.8 Å². The summed E-state index contributed by atoms with van der Waals surface area (Å²) in [5.41, 5.74) is 1.93. The van der Waals surface area contributed by atoms with Crippen LogP contribution in [0.2, 0.25) is 0 Å². The smallest absolute Gasteiger partial charge is 0.349 e. The maximum Gasteiger partial charge on any atom is 0.349 e. The molecule has 0 saturated carbocycles. The Balaban J connectivity index is 2.77. The molecule has 1 aromatic heterocycles. The van der Waals surface area contributed by atoms with Crippen LogP contribution in [0.3, 0.4) is 0 Å². The zero-order chi connectivity index (χ0) is 15.7. The van der Waals surface area contributed by atoms with Crippen LogP contribution in [0.4, 0.5) is 0 Å². The van der Waals surface area contributed by atoms with Crippen molar-refractivity contribution in [2.45, 2.75) is 33.7 Å². The van der Waals surface area contributed by atoms with Crippen LogP contribution in [0.25, 0.3) is 11.4 Å². The van der Waals surface area contributed by atoms with Gasteiger partial charge in [0.2, 0.25) is 6.04 Å². The summed E-state index contributed by atoms with van der Waals surface area (Å²) in [5.74, 6) is -0.678. The van der Waals surface area contributed by atoms with Crippen LogP contribution >= 0.6 is 0 Å². The lowest BCUT2D eigenvalue weighted by Gasteiger charge is -2.17. The largest absolute Gasteiger partial charge is 0.710 e. The van der Waals surface area contributed by atoms with E-state index in [4.69, 9.17) is 0 Å². The number of hydrogen-bond acceptors (Lipinski definition) is 2. The first kappa shape index (κ1) is 15.1. The van der Waals surface area contributed by atoms with Gasteiger partial charge in [0.1, 0.15) is 11.4 Å². The van der Waals surface area contributed by atoms with E-state index >= 15 is 0 Å². The van der Waals surface area contributed by atoms with Crippen molar-refractivity contribution in [3.8, 4) is 11.4 Å². The highest BCUT2D eigenvalue weighted by atomic mass is 16.5. The lowest BCUT2D eigenvalue weighted by Crippen LogP contribution is -2.33. The Morgan fingerprint density at radius 2 is 1.81 bits per heavy atom. The summed E-state index contributed by atoms with van der Waals surface area (Å²) in [7, 11) is 0. The van der Waals surface area contributed by atoms with Crippen molar-refractivity contribution in [1.29, 1.82) is 0 Å². The van der Waals surface area contributed by atoms with Gasteiger partial charge in [0.25, 0.3) is 5.82 Å². The van der Waals surface area contributed by atoms with E-state index in [0.29, 0.717) is 17.2 Å². The highest BCUT2D eigenvalue weighted by Crippen LogP contribution is 2.28. The van der Waals surface area contributed by atoms with Crippen molar-refractivity contribution in [3.05, 3.63) is 46.9 Å². The molecule has 5 nitrogen and oxygen atoms in total. The summed E-state index contributed by atoms with van der Waals surface area (Å²) in [5, 5.41) is 22.0. The molecule has 1 aromatic carbocycles. The summed E-state index contributed by atoms with van der Waals surface area (Å²) in [6, 6.07) is 8.40. The molecule has 2 rings (SSSR count). The van der Waals surface area contributed by atoms with Crippen molar-refractivity contribution in [1.82, 2.24) is 4.57 Å². The number of carboxylic acids is 1. The molecule has 0 aliphatic heterocycles. The van der Waals surface area contributed by atoms with E-state index in [2.05, 4.69) is 0 Å². The van der Waals surface area contributed by atoms with Gasteiger partial charge in [-0.05, 0) is 12.1 Å². The van der Waals surface area contributed by atoms with Gasteiger partial charge in [-0.3, -0.25) is 0 Å². The first-order valence-corrected chi connectivity index (χ1v) is 6.95. The molecular weight excluding hydrogens is 268 g/mol. The van der Waals surface area contributed by atoms with Crippen molar-refractivity contribution in [3.63, 3.8) is 0 Å². The maximum atomic E-state index is 12.5. The second kappa shape index (κ2) is 5.60. The maximum absolute atomic E-state index is 12.5. The lowest BCUT2D eigenvalue weighted by molar-refractivity contribution is -0.599. The third-order valence-corrected chi connectivity index (χ3v) is 3.80. The molecule has 0 aliphatic carbocycles. The molecule has 0 radical (unpaired) electrons. The molecule has 5 heteroatoms. The van der Waals surface area contributed by atoms with Crippen molar-refractivity contribution < 1.29 is 14.6 Å². The second-order valence-electron chi connectivity index (χ2n) is 5.55. The molecule has 2 aromatic rings. The Bertz CT molecular complexity index is 660.